The van der Waals surface area contributed by atoms with Gasteiger partial charge in [-0.25, -0.2) is 0 Å². The quantitative estimate of drug-likeness (QED) is 0.444. The molecule has 0 spiro atoms. The van der Waals surface area contributed by atoms with Crippen molar-refractivity contribution in [2.45, 2.75) is 13.5 Å². The van der Waals surface area contributed by atoms with Crippen molar-refractivity contribution in [3.63, 3.8) is 0 Å². The number of hydrogen-bond donors (Lipinski definition) is 1. The van der Waals surface area contributed by atoms with Gasteiger partial charge in [0, 0.05) is 17.2 Å². The largest absolute Gasteiger partial charge is 0.504 e. The van der Waals surface area contributed by atoms with Crippen LogP contribution in [0.5, 0.6) is 11.5 Å². The summed E-state index contributed by atoms with van der Waals surface area (Å²) in [5.41, 5.74) is 0.437. The van der Waals surface area contributed by atoms with Gasteiger partial charge in [-0.1, -0.05) is 30.3 Å². The molecule has 0 aromatic heterocycles. The number of rotatable bonds is 6. The molecule has 144 valence electrons. The summed E-state index contributed by atoms with van der Waals surface area (Å²) >= 11 is 0.715. The first-order valence-corrected chi connectivity index (χ1v) is 9.16. The van der Waals surface area contributed by atoms with Crippen molar-refractivity contribution in [1.29, 1.82) is 0 Å². The molecule has 1 aliphatic rings. The maximum Gasteiger partial charge on any atom is 0.293 e. The van der Waals surface area contributed by atoms with Gasteiger partial charge in [0.2, 0.25) is 0 Å². The topological polar surface area (TPSA) is 110 Å². The van der Waals surface area contributed by atoms with Crippen LogP contribution < -0.4 is 4.74 Å². The number of phenolic OH excluding ortho intramolecular Hbond substituents is 1. The molecule has 1 saturated heterocycles. The van der Waals surface area contributed by atoms with Gasteiger partial charge >= 0.3 is 0 Å². The van der Waals surface area contributed by atoms with Gasteiger partial charge in [-0.05, 0) is 30.8 Å². The van der Waals surface area contributed by atoms with Crippen LogP contribution in [0.1, 0.15) is 18.1 Å². The molecule has 2 amide bonds. The second-order valence-electron chi connectivity index (χ2n) is 5.78. The highest BCUT2D eigenvalue weighted by molar-refractivity contribution is 8.18. The molecular weight excluding hydrogens is 384 g/mol. The SMILES string of the molecule is CCOc1cccc(/C=C2\SC(=O)N(Cc3ccccc3[N+](=O)[O-])C2=O)c1O. The summed E-state index contributed by atoms with van der Waals surface area (Å²) in [7, 11) is 0. The lowest BCUT2D eigenvalue weighted by Gasteiger charge is -2.12. The molecule has 0 unspecified atom stereocenters. The average molecular weight is 400 g/mol. The second-order valence-corrected chi connectivity index (χ2v) is 6.77. The van der Waals surface area contributed by atoms with Crippen molar-refractivity contribution in [1.82, 2.24) is 4.90 Å². The standard InChI is InChI=1S/C19H16N2O6S/c1-2-27-15-9-5-7-12(17(15)22)10-16-18(23)20(19(24)28-16)11-13-6-3-4-8-14(13)21(25)26/h3-10,22H,2,11H2,1H3/b16-10-. The number of ether oxygens (including phenoxy) is 1. The minimum absolute atomic E-state index is 0.118. The summed E-state index contributed by atoms with van der Waals surface area (Å²) in [6.07, 6.45) is 1.40. The van der Waals surface area contributed by atoms with E-state index in [2.05, 4.69) is 0 Å². The number of thioether (sulfide) groups is 1. The number of nitrogens with zero attached hydrogens (tertiary/aromatic N) is 2. The van der Waals surface area contributed by atoms with Crippen LogP contribution >= 0.6 is 11.8 Å². The molecule has 28 heavy (non-hydrogen) atoms. The third kappa shape index (κ3) is 3.84. The zero-order chi connectivity index (χ0) is 20.3. The van der Waals surface area contributed by atoms with Crippen molar-refractivity contribution < 1.29 is 24.4 Å². The number of amides is 2. The Bertz CT molecular complexity index is 988. The Kier molecular flexibility index (Phi) is 5.65. The minimum atomic E-state index is -0.575. The lowest BCUT2D eigenvalue weighted by Crippen LogP contribution is -2.27. The Balaban J connectivity index is 1.88. The van der Waals surface area contributed by atoms with Crippen molar-refractivity contribution in [3.05, 3.63) is 68.6 Å². The number of para-hydroxylation sites is 2. The van der Waals surface area contributed by atoms with E-state index >= 15 is 0 Å². The van der Waals surface area contributed by atoms with E-state index in [-0.39, 0.29) is 34.2 Å². The molecule has 0 atom stereocenters. The number of nitro groups is 1. The van der Waals surface area contributed by atoms with Crippen molar-refractivity contribution in [3.8, 4) is 11.5 Å². The van der Waals surface area contributed by atoms with Gasteiger partial charge in [0.1, 0.15) is 0 Å². The van der Waals surface area contributed by atoms with Gasteiger partial charge in [-0.2, -0.15) is 0 Å². The smallest absolute Gasteiger partial charge is 0.293 e. The first-order valence-electron chi connectivity index (χ1n) is 8.34. The Labute approximate surface area is 164 Å². The van der Waals surface area contributed by atoms with E-state index in [0.29, 0.717) is 23.9 Å². The molecule has 1 aliphatic heterocycles. The molecule has 0 saturated carbocycles. The van der Waals surface area contributed by atoms with E-state index in [1.165, 1.54) is 24.3 Å². The van der Waals surface area contributed by atoms with Gasteiger partial charge in [0.25, 0.3) is 16.8 Å². The number of hydrogen-bond acceptors (Lipinski definition) is 7. The van der Waals surface area contributed by atoms with Gasteiger partial charge in [0.15, 0.2) is 11.5 Å². The number of imide groups is 1. The maximum atomic E-state index is 12.7. The van der Waals surface area contributed by atoms with Crippen LogP contribution in [0.2, 0.25) is 0 Å². The van der Waals surface area contributed by atoms with E-state index in [9.17, 15) is 24.8 Å². The highest BCUT2D eigenvalue weighted by Gasteiger charge is 2.36. The highest BCUT2D eigenvalue weighted by Crippen LogP contribution is 2.37. The summed E-state index contributed by atoms with van der Waals surface area (Å²) in [6, 6.07) is 10.8. The molecule has 1 fully saturated rings. The predicted octanol–water partition coefficient (Wildman–Crippen LogP) is 3.94. The predicted molar refractivity (Wildman–Crippen MR) is 104 cm³/mol. The summed E-state index contributed by atoms with van der Waals surface area (Å²) in [6.45, 7) is 1.94. The molecule has 3 rings (SSSR count). The van der Waals surface area contributed by atoms with E-state index in [1.807, 2.05) is 0 Å². The molecule has 0 radical (unpaired) electrons. The molecule has 0 bridgehead atoms. The lowest BCUT2D eigenvalue weighted by atomic mass is 10.1. The molecule has 1 heterocycles. The zero-order valence-electron chi connectivity index (χ0n) is 14.8. The van der Waals surface area contributed by atoms with E-state index in [1.54, 1.807) is 31.2 Å². The minimum Gasteiger partial charge on any atom is -0.504 e. The fourth-order valence-electron chi connectivity index (χ4n) is 2.70. The third-order valence-corrected chi connectivity index (χ3v) is 4.91. The first-order chi connectivity index (χ1) is 13.4. The van der Waals surface area contributed by atoms with Crippen LogP contribution in [0.4, 0.5) is 10.5 Å². The Morgan fingerprint density at radius 1 is 1.21 bits per heavy atom. The summed E-state index contributed by atoms with van der Waals surface area (Å²) < 4.78 is 5.31. The molecular formula is C19H16N2O6S. The van der Waals surface area contributed by atoms with Crippen LogP contribution in [-0.2, 0) is 11.3 Å². The van der Waals surface area contributed by atoms with Crippen molar-refractivity contribution in [2.24, 2.45) is 0 Å². The van der Waals surface area contributed by atoms with Crippen LogP contribution in [0.3, 0.4) is 0 Å². The van der Waals surface area contributed by atoms with Gasteiger partial charge in [0.05, 0.1) is 23.0 Å². The summed E-state index contributed by atoms with van der Waals surface area (Å²) in [5, 5.41) is 20.9. The monoisotopic (exact) mass is 400 g/mol. The molecule has 1 N–H and O–H groups in total. The van der Waals surface area contributed by atoms with Crippen molar-refractivity contribution in [2.75, 3.05) is 6.61 Å². The number of phenols is 1. The van der Waals surface area contributed by atoms with E-state index < -0.39 is 16.1 Å². The number of carbonyl (C=O) groups is 2. The maximum absolute atomic E-state index is 12.7. The average Bonchev–Trinajstić information content (AvgIpc) is 2.93. The van der Waals surface area contributed by atoms with Crippen LogP contribution in [0, 0.1) is 10.1 Å². The van der Waals surface area contributed by atoms with Crippen LogP contribution in [-0.4, -0.2) is 32.7 Å². The highest BCUT2D eigenvalue weighted by atomic mass is 32.2. The number of carbonyl (C=O) groups excluding carboxylic acids is 2. The molecule has 2 aromatic carbocycles. The first kappa shape index (κ1) is 19.4. The Morgan fingerprint density at radius 3 is 2.68 bits per heavy atom. The zero-order valence-corrected chi connectivity index (χ0v) is 15.6. The fourth-order valence-corrected chi connectivity index (χ4v) is 3.53. The number of nitro benzene ring substituents is 1. The van der Waals surface area contributed by atoms with E-state index in [4.69, 9.17) is 4.74 Å². The van der Waals surface area contributed by atoms with Crippen LogP contribution in [0.25, 0.3) is 6.08 Å². The lowest BCUT2D eigenvalue weighted by molar-refractivity contribution is -0.385. The molecule has 9 heteroatoms. The number of aromatic hydroxyl groups is 1. The van der Waals surface area contributed by atoms with Crippen LogP contribution in [0.15, 0.2) is 47.4 Å². The number of benzene rings is 2. The summed E-state index contributed by atoms with van der Waals surface area (Å²) in [5.74, 6) is -0.431. The van der Waals surface area contributed by atoms with Crippen molar-refractivity contribution >= 4 is 34.7 Å². The Morgan fingerprint density at radius 2 is 1.96 bits per heavy atom. The van der Waals surface area contributed by atoms with Gasteiger partial charge in [-0.15, -0.1) is 0 Å². The molecule has 2 aromatic rings. The second kappa shape index (κ2) is 8.13. The normalized spacial score (nSPS) is 15.3. The summed E-state index contributed by atoms with van der Waals surface area (Å²) in [4.78, 5) is 36.6. The molecule has 8 nitrogen and oxygen atoms in total. The molecule has 0 aliphatic carbocycles. The third-order valence-electron chi connectivity index (χ3n) is 4.01. The van der Waals surface area contributed by atoms with E-state index in [0.717, 1.165) is 4.90 Å². The fraction of sp³-hybridized carbons (Fsp3) is 0.158. The van der Waals surface area contributed by atoms with Gasteiger partial charge in [-0.3, -0.25) is 24.6 Å². The Hall–Kier alpha value is -3.33. The van der Waals surface area contributed by atoms with Gasteiger partial charge < -0.3 is 9.84 Å².